The molecule has 0 spiro atoms. The Bertz CT molecular complexity index is 292. The lowest BCUT2D eigenvalue weighted by Gasteiger charge is -2.03. The van der Waals surface area contributed by atoms with Gasteiger partial charge in [0.2, 0.25) is 0 Å². The average molecular weight is 259 g/mol. The van der Waals surface area contributed by atoms with E-state index in [1.54, 1.807) is 6.08 Å². The van der Waals surface area contributed by atoms with Crippen LogP contribution in [0.25, 0.3) is 0 Å². The third-order valence-electron chi connectivity index (χ3n) is 1.66. The zero-order valence-electron chi connectivity index (χ0n) is 7.80. The fourth-order valence-corrected chi connectivity index (χ4v) is 1.56. The Hall–Kier alpha value is -0.670. The van der Waals surface area contributed by atoms with E-state index in [-0.39, 0.29) is 5.82 Å². The fraction of sp³-hybridized carbons (Fsp3) is 0.273. The molecule has 0 aliphatic rings. The highest BCUT2D eigenvalue weighted by molar-refractivity contribution is 9.10. The Morgan fingerprint density at radius 1 is 1.43 bits per heavy atom. The van der Waals surface area contributed by atoms with Crippen LogP contribution in [0, 0.1) is 5.82 Å². The molecule has 14 heavy (non-hydrogen) atoms. The smallest absolute Gasteiger partial charge is 0.124 e. The van der Waals surface area contributed by atoms with E-state index in [2.05, 4.69) is 22.5 Å². The highest BCUT2D eigenvalue weighted by atomic mass is 79.9. The lowest BCUT2D eigenvalue weighted by molar-refractivity contribution is 0.125. The van der Waals surface area contributed by atoms with Crippen LogP contribution < -0.4 is 0 Å². The molecule has 1 aromatic rings. The van der Waals surface area contributed by atoms with Crippen molar-refractivity contribution in [3.05, 3.63) is 46.7 Å². The second kappa shape index (κ2) is 5.94. The molecule has 0 aliphatic carbocycles. The molecule has 0 unspecified atom stereocenters. The molecule has 1 rings (SSSR count). The summed E-state index contributed by atoms with van der Waals surface area (Å²) in [6.45, 7) is 4.64. The van der Waals surface area contributed by atoms with Crippen LogP contribution in [0.15, 0.2) is 35.3 Å². The summed E-state index contributed by atoms with van der Waals surface area (Å²) < 4.78 is 18.9. The summed E-state index contributed by atoms with van der Waals surface area (Å²) in [6.07, 6.45) is 2.61. The zero-order valence-corrected chi connectivity index (χ0v) is 9.39. The second-order valence-electron chi connectivity index (χ2n) is 2.91. The Labute approximate surface area is 91.7 Å². The number of hydrogen-bond acceptors (Lipinski definition) is 1. The molecule has 0 amide bonds. The molecule has 0 N–H and O–H groups in total. The van der Waals surface area contributed by atoms with Gasteiger partial charge in [-0.05, 0) is 30.2 Å². The van der Waals surface area contributed by atoms with E-state index < -0.39 is 0 Å². The van der Waals surface area contributed by atoms with E-state index in [9.17, 15) is 4.39 Å². The minimum Gasteiger partial charge on any atom is -0.376 e. The first kappa shape index (κ1) is 11.4. The lowest BCUT2D eigenvalue weighted by Crippen LogP contribution is -1.95. The number of benzene rings is 1. The first-order valence-corrected chi connectivity index (χ1v) is 5.15. The Balaban J connectivity index is 2.46. The summed E-state index contributed by atoms with van der Waals surface area (Å²) in [4.78, 5) is 0. The van der Waals surface area contributed by atoms with Crippen molar-refractivity contribution in [2.75, 3.05) is 6.61 Å². The Kier molecular flexibility index (Phi) is 4.84. The van der Waals surface area contributed by atoms with E-state index in [4.69, 9.17) is 4.74 Å². The third-order valence-corrected chi connectivity index (χ3v) is 2.12. The van der Waals surface area contributed by atoms with Gasteiger partial charge in [-0.1, -0.05) is 22.0 Å². The summed E-state index contributed by atoms with van der Waals surface area (Å²) in [5.74, 6) is -0.248. The van der Waals surface area contributed by atoms with Crippen LogP contribution in [0.4, 0.5) is 4.39 Å². The van der Waals surface area contributed by atoms with Crippen molar-refractivity contribution < 1.29 is 9.13 Å². The van der Waals surface area contributed by atoms with Crippen LogP contribution in [0.1, 0.15) is 12.0 Å². The maximum Gasteiger partial charge on any atom is 0.124 e. The van der Waals surface area contributed by atoms with E-state index in [1.165, 1.54) is 12.1 Å². The topological polar surface area (TPSA) is 9.23 Å². The van der Waals surface area contributed by atoms with Crippen molar-refractivity contribution in [1.82, 2.24) is 0 Å². The molecule has 0 radical (unpaired) electrons. The van der Waals surface area contributed by atoms with Gasteiger partial charge in [0.15, 0.2) is 0 Å². The first-order chi connectivity index (χ1) is 6.72. The number of hydrogen-bond donors (Lipinski definition) is 0. The van der Waals surface area contributed by atoms with Gasteiger partial charge in [0.05, 0.1) is 13.2 Å². The maximum atomic E-state index is 12.9. The minimum atomic E-state index is -0.248. The summed E-state index contributed by atoms with van der Waals surface area (Å²) >= 11 is 3.22. The molecular weight excluding hydrogens is 247 g/mol. The minimum absolute atomic E-state index is 0.248. The van der Waals surface area contributed by atoms with Gasteiger partial charge in [0.25, 0.3) is 0 Å². The molecular formula is C11H12BrFO. The van der Waals surface area contributed by atoms with Crippen molar-refractivity contribution >= 4 is 15.9 Å². The highest BCUT2D eigenvalue weighted by Crippen LogP contribution is 2.15. The monoisotopic (exact) mass is 258 g/mol. The van der Waals surface area contributed by atoms with Gasteiger partial charge in [-0.2, -0.15) is 0 Å². The second-order valence-corrected chi connectivity index (χ2v) is 3.82. The molecule has 0 bridgehead atoms. The number of halogens is 2. The molecule has 76 valence electrons. The van der Waals surface area contributed by atoms with Crippen molar-refractivity contribution in [2.24, 2.45) is 0 Å². The summed E-state index contributed by atoms with van der Waals surface area (Å²) in [6, 6.07) is 4.74. The van der Waals surface area contributed by atoms with Gasteiger partial charge >= 0.3 is 0 Å². The highest BCUT2D eigenvalue weighted by Gasteiger charge is 1.98. The molecule has 0 saturated heterocycles. The van der Waals surface area contributed by atoms with E-state index >= 15 is 0 Å². The molecule has 0 aliphatic heterocycles. The predicted octanol–water partition coefficient (Wildman–Crippen LogP) is 3.68. The molecule has 0 fully saturated rings. The first-order valence-electron chi connectivity index (χ1n) is 4.36. The van der Waals surface area contributed by atoms with E-state index in [0.29, 0.717) is 13.2 Å². The lowest BCUT2D eigenvalue weighted by atomic mass is 10.2. The van der Waals surface area contributed by atoms with Gasteiger partial charge in [0.1, 0.15) is 5.82 Å². The summed E-state index contributed by atoms with van der Waals surface area (Å²) in [5.41, 5.74) is 0.834. The van der Waals surface area contributed by atoms with Crippen molar-refractivity contribution in [3.63, 3.8) is 0 Å². The van der Waals surface area contributed by atoms with Crippen molar-refractivity contribution in [1.29, 1.82) is 0 Å². The van der Waals surface area contributed by atoms with E-state index in [1.807, 2.05) is 6.07 Å². The van der Waals surface area contributed by atoms with Crippen molar-refractivity contribution in [3.8, 4) is 0 Å². The quantitative estimate of drug-likeness (QED) is 0.579. The predicted molar refractivity (Wildman–Crippen MR) is 58.6 cm³/mol. The van der Waals surface area contributed by atoms with Crippen LogP contribution >= 0.6 is 15.9 Å². The molecule has 0 heterocycles. The standard InChI is InChI=1S/C11H12BrFO/c1-2-3-4-14-8-9-5-10(12)7-11(13)6-9/h2,5-7H,1,3-4,8H2. The molecule has 1 aromatic carbocycles. The third kappa shape index (κ3) is 4.03. The number of rotatable bonds is 5. The average Bonchev–Trinajstić information content (AvgIpc) is 2.11. The summed E-state index contributed by atoms with van der Waals surface area (Å²) in [5, 5.41) is 0. The van der Waals surface area contributed by atoms with Crippen LogP contribution in [0.5, 0.6) is 0 Å². The van der Waals surface area contributed by atoms with Crippen LogP contribution in [-0.2, 0) is 11.3 Å². The van der Waals surface area contributed by atoms with Crippen LogP contribution in [0.2, 0.25) is 0 Å². The van der Waals surface area contributed by atoms with Gasteiger partial charge in [-0.15, -0.1) is 6.58 Å². The molecule has 1 nitrogen and oxygen atoms in total. The molecule has 0 aromatic heterocycles. The van der Waals surface area contributed by atoms with Gasteiger partial charge in [-0.3, -0.25) is 0 Å². The van der Waals surface area contributed by atoms with Gasteiger partial charge in [0, 0.05) is 4.47 Å². The largest absolute Gasteiger partial charge is 0.376 e. The number of ether oxygens (including phenoxy) is 1. The van der Waals surface area contributed by atoms with Crippen LogP contribution in [0.3, 0.4) is 0 Å². The normalized spacial score (nSPS) is 10.1. The van der Waals surface area contributed by atoms with Crippen LogP contribution in [-0.4, -0.2) is 6.61 Å². The Morgan fingerprint density at radius 2 is 2.21 bits per heavy atom. The maximum absolute atomic E-state index is 12.9. The fourth-order valence-electron chi connectivity index (χ4n) is 1.05. The van der Waals surface area contributed by atoms with Gasteiger partial charge < -0.3 is 4.74 Å². The molecule has 3 heteroatoms. The van der Waals surface area contributed by atoms with Gasteiger partial charge in [-0.25, -0.2) is 4.39 Å². The summed E-state index contributed by atoms with van der Waals surface area (Å²) in [7, 11) is 0. The SMILES string of the molecule is C=CCCOCc1cc(F)cc(Br)c1. The molecule has 0 saturated carbocycles. The van der Waals surface area contributed by atoms with Crippen molar-refractivity contribution in [2.45, 2.75) is 13.0 Å². The molecule has 0 atom stereocenters. The van der Waals surface area contributed by atoms with E-state index in [0.717, 1.165) is 16.5 Å². The Morgan fingerprint density at radius 3 is 2.86 bits per heavy atom. The zero-order chi connectivity index (χ0) is 10.4.